The average Bonchev–Trinajstić information content (AvgIpc) is 2.30. The van der Waals surface area contributed by atoms with Crippen molar-refractivity contribution in [3.8, 4) is 5.75 Å². The third-order valence-corrected chi connectivity index (χ3v) is 2.84. The van der Waals surface area contributed by atoms with Gasteiger partial charge in [0.25, 0.3) is 0 Å². The first-order chi connectivity index (χ1) is 8.45. The van der Waals surface area contributed by atoms with E-state index >= 15 is 0 Å². The van der Waals surface area contributed by atoms with Crippen LogP contribution in [0.4, 0.5) is 0 Å². The number of benzene rings is 1. The zero-order valence-electron chi connectivity index (χ0n) is 12.0. The van der Waals surface area contributed by atoms with Gasteiger partial charge in [-0.1, -0.05) is 38.0 Å². The Hall–Kier alpha value is -1.31. The van der Waals surface area contributed by atoms with Crippen molar-refractivity contribution in [1.82, 2.24) is 0 Å². The molecule has 0 atom stereocenters. The van der Waals surface area contributed by atoms with E-state index in [1.165, 1.54) is 12.8 Å². The van der Waals surface area contributed by atoms with E-state index in [1.807, 2.05) is 45.0 Å². The predicted octanol–water partition coefficient (Wildman–Crippen LogP) is 4.37. The summed E-state index contributed by atoms with van der Waals surface area (Å²) in [5.74, 6) is 0.541. The molecular formula is C16H24O2. The van der Waals surface area contributed by atoms with E-state index in [0.717, 1.165) is 18.4 Å². The molecule has 0 radical (unpaired) electrons. The Morgan fingerprint density at radius 3 is 2.44 bits per heavy atom. The molecule has 0 bridgehead atoms. The molecule has 0 fully saturated rings. The predicted molar refractivity (Wildman–Crippen MR) is 74.8 cm³/mol. The Bertz CT molecular complexity index is 388. The molecular weight excluding hydrogens is 224 g/mol. The lowest BCUT2D eigenvalue weighted by Crippen LogP contribution is -2.25. The molecule has 0 heterocycles. The number of ether oxygens (including phenoxy) is 1. The van der Waals surface area contributed by atoms with E-state index in [4.69, 9.17) is 4.74 Å². The van der Waals surface area contributed by atoms with Gasteiger partial charge in [-0.25, -0.2) is 0 Å². The molecule has 2 heteroatoms. The van der Waals surface area contributed by atoms with E-state index < -0.39 is 5.41 Å². The fourth-order valence-electron chi connectivity index (χ4n) is 1.63. The summed E-state index contributed by atoms with van der Waals surface area (Å²) in [5, 5.41) is 0. The summed E-state index contributed by atoms with van der Waals surface area (Å²) >= 11 is 0. The molecule has 0 saturated heterocycles. The molecule has 0 aliphatic rings. The largest absolute Gasteiger partial charge is 0.426 e. The second kappa shape index (κ2) is 6.58. The maximum Gasteiger partial charge on any atom is 0.316 e. The Morgan fingerprint density at radius 1 is 1.17 bits per heavy atom. The Labute approximate surface area is 110 Å². The number of carbonyl (C=O) groups excluding carboxylic acids is 1. The number of hydrogen-bond donors (Lipinski definition) is 0. The third-order valence-electron chi connectivity index (χ3n) is 2.84. The van der Waals surface area contributed by atoms with Gasteiger partial charge in [0.05, 0.1) is 5.41 Å². The zero-order chi connectivity index (χ0) is 13.6. The molecule has 0 unspecified atom stereocenters. The number of esters is 1. The quantitative estimate of drug-likeness (QED) is 0.439. The van der Waals surface area contributed by atoms with E-state index in [0.29, 0.717) is 5.75 Å². The maximum atomic E-state index is 11.9. The second-order valence-electron chi connectivity index (χ2n) is 5.70. The van der Waals surface area contributed by atoms with Crippen LogP contribution in [0, 0.1) is 5.41 Å². The smallest absolute Gasteiger partial charge is 0.316 e. The highest BCUT2D eigenvalue weighted by atomic mass is 16.5. The number of hydrogen-bond acceptors (Lipinski definition) is 2. The van der Waals surface area contributed by atoms with Gasteiger partial charge in [-0.05, 0) is 45.2 Å². The van der Waals surface area contributed by atoms with Crippen molar-refractivity contribution in [2.75, 3.05) is 0 Å². The number of rotatable bonds is 5. The van der Waals surface area contributed by atoms with E-state index in [2.05, 4.69) is 6.92 Å². The molecule has 1 rings (SSSR count). The van der Waals surface area contributed by atoms with Crippen molar-refractivity contribution in [3.05, 3.63) is 29.8 Å². The van der Waals surface area contributed by atoms with Crippen molar-refractivity contribution in [3.63, 3.8) is 0 Å². The molecule has 2 nitrogen and oxygen atoms in total. The molecule has 0 amide bonds. The van der Waals surface area contributed by atoms with Crippen LogP contribution in [-0.2, 0) is 11.2 Å². The van der Waals surface area contributed by atoms with Crippen LogP contribution in [-0.4, -0.2) is 5.97 Å². The van der Waals surface area contributed by atoms with E-state index in [1.54, 1.807) is 0 Å². The minimum absolute atomic E-state index is 0.176. The first kappa shape index (κ1) is 14.7. The van der Waals surface area contributed by atoms with Gasteiger partial charge in [0, 0.05) is 0 Å². The van der Waals surface area contributed by atoms with Crippen molar-refractivity contribution < 1.29 is 9.53 Å². The lowest BCUT2D eigenvalue weighted by molar-refractivity contribution is -0.143. The first-order valence-corrected chi connectivity index (χ1v) is 6.75. The van der Waals surface area contributed by atoms with Crippen LogP contribution in [0.5, 0.6) is 5.75 Å². The average molecular weight is 248 g/mol. The normalized spacial score (nSPS) is 11.3. The van der Waals surface area contributed by atoms with Gasteiger partial charge < -0.3 is 4.74 Å². The molecule has 0 spiro atoms. The Kier molecular flexibility index (Phi) is 5.39. The lowest BCUT2D eigenvalue weighted by Gasteiger charge is -2.18. The van der Waals surface area contributed by atoms with Gasteiger partial charge in [-0.15, -0.1) is 0 Å². The highest BCUT2D eigenvalue weighted by molar-refractivity contribution is 5.78. The summed E-state index contributed by atoms with van der Waals surface area (Å²) in [7, 11) is 0. The maximum absolute atomic E-state index is 11.9. The Morgan fingerprint density at radius 2 is 1.83 bits per heavy atom. The summed E-state index contributed by atoms with van der Waals surface area (Å²) in [5.41, 5.74) is 0.667. The van der Waals surface area contributed by atoms with Crippen LogP contribution in [0.2, 0.25) is 0 Å². The van der Waals surface area contributed by atoms with Gasteiger partial charge in [-0.3, -0.25) is 4.79 Å². The van der Waals surface area contributed by atoms with Gasteiger partial charge in [0.15, 0.2) is 0 Å². The molecule has 0 N–H and O–H groups in total. The van der Waals surface area contributed by atoms with Crippen LogP contribution in [0.25, 0.3) is 0 Å². The first-order valence-electron chi connectivity index (χ1n) is 6.75. The van der Waals surface area contributed by atoms with E-state index in [9.17, 15) is 4.79 Å². The number of para-hydroxylation sites is 1. The fraction of sp³-hybridized carbons (Fsp3) is 0.562. The van der Waals surface area contributed by atoms with Crippen molar-refractivity contribution in [2.45, 2.75) is 53.4 Å². The zero-order valence-corrected chi connectivity index (χ0v) is 12.0. The lowest BCUT2D eigenvalue weighted by atomic mass is 9.97. The molecule has 18 heavy (non-hydrogen) atoms. The summed E-state index contributed by atoms with van der Waals surface area (Å²) in [6.45, 7) is 7.80. The number of aryl methyl sites for hydroxylation is 1. The summed E-state index contributed by atoms with van der Waals surface area (Å²) < 4.78 is 5.50. The Balaban J connectivity index is 2.73. The van der Waals surface area contributed by atoms with Crippen LogP contribution in [0.3, 0.4) is 0 Å². The standard InChI is InChI=1S/C16H24O2/c1-5-6-7-10-13-11-8-9-12-14(13)18-15(17)16(2,3)4/h8-9,11-12H,5-7,10H2,1-4H3. The minimum atomic E-state index is -0.462. The highest BCUT2D eigenvalue weighted by Gasteiger charge is 2.24. The van der Waals surface area contributed by atoms with Gasteiger partial charge in [0.2, 0.25) is 0 Å². The number of carbonyl (C=O) groups is 1. The molecule has 1 aromatic rings. The van der Waals surface area contributed by atoms with Gasteiger partial charge in [0.1, 0.15) is 5.75 Å². The number of unbranched alkanes of at least 4 members (excludes halogenated alkanes) is 2. The molecule has 100 valence electrons. The molecule has 1 aromatic carbocycles. The second-order valence-corrected chi connectivity index (χ2v) is 5.70. The topological polar surface area (TPSA) is 26.3 Å². The SMILES string of the molecule is CCCCCc1ccccc1OC(=O)C(C)(C)C. The highest BCUT2D eigenvalue weighted by Crippen LogP contribution is 2.24. The van der Waals surface area contributed by atoms with Crippen molar-refractivity contribution in [1.29, 1.82) is 0 Å². The summed E-state index contributed by atoms with van der Waals surface area (Å²) in [4.78, 5) is 11.9. The molecule has 0 saturated carbocycles. The van der Waals surface area contributed by atoms with Crippen LogP contribution >= 0.6 is 0 Å². The van der Waals surface area contributed by atoms with Crippen molar-refractivity contribution >= 4 is 5.97 Å². The minimum Gasteiger partial charge on any atom is -0.426 e. The van der Waals surface area contributed by atoms with Crippen molar-refractivity contribution in [2.24, 2.45) is 5.41 Å². The monoisotopic (exact) mass is 248 g/mol. The summed E-state index contributed by atoms with van der Waals surface area (Å²) in [6, 6.07) is 7.83. The van der Waals surface area contributed by atoms with Crippen LogP contribution < -0.4 is 4.74 Å². The van der Waals surface area contributed by atoms with Gasteiger partial charge >= 0.3 is 5.97 Å². The van der Waals surface area contributed by atoms with E-state index in [-0.39, 0.29) is 5.97 Å². The fourth-order valence-corrected chi connectivity index (χ4v) is 1.63. The summed E-state index contributed by atoms with van der Waals surface area (Å²) in [6.07, 6.45) is 4.52. The molecule has 0 aliphatic carbocycles. The molecule has 0 aromatic heterocycles. The van der Waals surface area contributed by atoms with Gasteiger partial charge in [-0.2, -0.15) is 0 Å². The van der Waals surface area contributed by atoms with Crippen LogP contribution in [0.15, 0.2) is 24.3 Å². The molecule has 0 aliphatic heterocycles. The van der Waals surface area contributed by atoms with Crippen LogP contribution in [0.1, 0.15) is 52.5 Å². The third kappa shape index (κ3) is 4.52.